The van der Waals surface area contributed by atoms with Crippen LogP contribution in [0, 0.1) is 49.2 Å². The van der Waals surface area contributed by atoms with Crippen LogP contribution in [-0.4, -0.2) is 161 Å². The highest BCUT2D eigenvalue weighted by Crippen LogP contribution is 2.51. The van der Waals surface area contributed by atoms with Crippen LogP contribution in [0.1, 0.15) is 196 Å². The molecule has 138 heavy (non-hydrogen) atoms. The van der Waals surface area contributed by atoms with Crippen LogP contribution >= 0.6 is 47.9 Å². The van der Waals surface area contributed by atoms with Crippen LogP contribution in [0.3, 0.4) is 0 Å². The topological polar surface area (TPSA) is 392 Å². The largest absolute Gasteiger partial charge is 0.465 e. The first kappa shape index (κ1) is 102. The minimum Gasteiger partial charge on any atom is -0.465 e. The van der Waals surface area contributed by atoms with Gasteiger partial charge in [0.05, 0.1) is 82.6 Å². The van der Waals surface area contributed by atoms with E-state index in [0.717, 1.165) is 83.9 Å². The number of nitrogens with one attached hydrogen (secondary N) is 4. The molecule has 0 saturated heterocycles. The number of nitrogens with zero attached hydrogens (tertiary/aromatic N) is 4. The molecule has 5 aromatic carbocycles. The first-order valence-corrected chi connectivity index (χ1v) is 50.3. The van der Waals surface area contributed by atoms with Crippen LogP contribution in [0.15, 0.2) is 143 Å². The highest BCUT2D eigenvalue weighted by Gasteiger charge is 2.48. The summed E-state index contributed by atoms with van der Waals surface area (Å²) in [6.07, 6.45) is 7.65. The molecule has 0 radical (unpaired) electrons. The predicted octanol–water partition coefficient (Wildman–Crippen LogP) is 14.1. The number of thioether (sulfide) groups is 3. The van der Waals surface area contributed by atoms with Gasteiger partial charge in [0, 0.05) is 141 Å². The maximum absolute atomic E-state index is 14.9. The second-order valence-corrected chi connectivity index (χ2v) is 39.8. The summed E-state index contributed by atoms with van der Waals surface area (Å²) in [7, 11) is 0. The lowest BCUT2D eigenvalue weighted by Gasteiger charge is -2.31. The Balaban J connectivity index is 0.000000181. The lowest BCUT2D eigenvalue weighted by Crippen LogP contribution is -2.44. The summed E-state index contributed by atoms with van der Waals surface area (Å²) in [5.41, 5.74) is 11.1. The number of aliphatic hydroxyl groups is 2. The first-order valence-electron chi connectivity index (χ1n) is 46.2. The Kier molecular flexibility index (Phi) is 32.5. The highest BCUT2D eigenvalue weighted by atomic mass is 32.2. The standard InChI is InChI=1S/C51H55FN4O9S2.C29H34N2O7.C24H23FN2O4S2/c1-6-51(63)40-21-43-46-36(23-56(43)48(60)38(40)25-64-49(51)61)39(35-19-27(2)41(52)22-42(35)55-46)26-67-18-17-66-16-15-44(57)29(4)53-47(59)28(3)20-45(58)30(5)54-50(62)65-24-37-33-13-9-7-11-31(33)32-12-8-10-14-34(32)37;1-17(28(35)30-16-38-20(4)32)13-26(33)19(3)31-29(36)18(2)14-27(34)37-15-25-23-11-7-5-9-21(23)22-10-6-8-12-24(22)25;1-3-24(30)17-7-20-21-14(9-27(20)22(28)15(17)10-31-23(24)29)16(11-33-5-4-32)13-6-12(2)18(25)8-19(13)26-21/h7-14,19,21-22,28-31,33,37,63H,6,15-18,20,23-26H2,1-5H3,(H,53,59)(H,54,62);5-12,17-19,25H,13-16H2,1-4H3,(H,30,35)(H,31,36);6-8,30,32H,3-5,9-11H2,1-2H3/t28-,29+,30+,31?,33?,37?,51+;17-,18-,19+;24-/m110/s1. The fourth-order valence-corrected chi connectivity index (χ4v) is 22.1. The number of esters is 4. The van der Waals surface area contributed by atoms with Crippen LogP contribution in [0.2, 0.25) is 0 Å². The maximum atomic E-state index is 14.9. The number of halogens is 2. The average Bonchev–Trinajstić information content (AvgIpc) is 1.56. The number of ether oxygens (including phenoxy) is 5. The number of thiol groups is 1. The molecule has 16 rings (SSSR count). The molecule has 28 nitrogen and oxygen atoms in total. The number of aromatic nitrogens is 4. The molecular formula is C104H112F2N8O20S4. The molecule has 11 atom stereocenters. The van der Waals surface area contributed by atoms with Crippen molar-refractivity contribution >= 4 is 135 Å². The van der Waals surface area contributed by atoms with Crippen molar-refractivity contribution in [1.82, 2.24) is 40.4 Å². The third-order valence-corrected chi connectivity index (χ3v) is 30.5. The number of benzene rings is 5. The van der Waals surface area contributed by atoms with Crippen molar-refractivity contribution in [2.45, 2.75) is 200 Å². The van der Waals surface area contributed by atoms with Gasteiger partial charge in [0.25, 0.3) is 11.1 Å². The van der Waals surface area contributed by atoms with Crippen LogP contribution in [0.4, 0.5) is 13.6 Å². The number of rotatable bonds is 35. The van der Waals surface area contributed by atoms with Crippen LogP contribution in [0.5, 0.6) is 0 Å². The van der Waals surface area contributed by atoms with Crippen LogP contribution < -0.4 is 32.4 Å². The fourth-order valence-electron chi connectivity index (χ4n) is 18.7. The van der Waals surface area contributed by atoms with E-state index in [-0.39, 0.29) is 158 Å². The molecule has 4 amide bonds. The predicted molar refractivity (Wildman–Crippen MR) is 525 cm³/mol. The Hall–Kier alpha value is -12.0. The number of pyridine rings is 4. The molecule has 9 aromatic rings. The molecule has 8 heterocycles. The van der Waals surface area contributed by atoms with E-state index in [1.165, 1.54) is 31.5 Å². The van der Waals surface area contributed by atoms with Crippen molar-refractivity contribution in [2.75, 3.05) is 48.7 Å². The number of amides is 4. The summed E-state index contributed by atoms with van der Waals surface area (Å²) in [6, 6.07) is 31.5. The minimum absolute atomic E-state index is 0.00182. The van der Waals surface area contributed by atoms with Crippen molar-refractivity contribution in [3.63, 3.8) is 0 Å². The lowest BCUT2D eigenvalue weighted by atomic mass is 9.84. The Morgan fingerprint density at radius 3 is 1.52 bits per heavy atom. The van der Waals surface area contributed by atoms with E-state index in [1.807, 2.05) is 66.7 Å². The van der Waals surface area contributed by atoms with Crippen molar-refractivity contribution < 1.29 is 95.4 Å². The molecule has 4 aromatic heterocycles. The summed E-state index contributed by atoms with van der Waals surface area (Å²) in [5.74, 6) is -2.38. The van der Waals surface area contributed by atoms with Gasteiger partial charge in [-0.25, -0.2) is 33.1 Å². The SMILES string of the molecule is CC(=O)OCNC(=O)[C@H](C)CC(=O)[C@H](C)NC(=O)[C@H](C)CC(=O)OCC1c2ccccc2-c2ccccc21.CC[C@@]1(O)C(=O)OCc2c1cc1n(c2=O)Cc2c-1nc1cc(F)c(C)cc1c2CSCCS.CC[C@@]1(O)C(=O)OCc2c1cc1n(c2=O)Cc2c-1nc1cc(F)c(C)cc1c2CSCCSCCC(=O)[C@H](C)NC(=O)[C@H](C)CC(=O)[C@H](C)NC(=O)OCC1c2ccccc2C2C=CC=CC21. The summed E-state index contributed by atoms with van der Waals surface area (Å²) in [6.45, 7) is 17.7. The van der Waals surface area contributed by atoms with Gasteiger partial charge in [-0.1, -0.05) is 132 Å². The van der Waals surface area contributed by atoms with Crippen molar-refractivity contribution in [1.29, 1.82) is 0 Å². The molecule has 0 fully saturated rings. The number of carbonyl (C=O) groups is 11. The van der Waals surface area contributed by atoms with E-state index >= 15 is 0 Å². The van der Waals surface area contributed by atoms with Gasteiger partial charge in [-0.05, 0) is 139 Å². The summed E-state index contributed by atoms with van der Waals surface area (Å²) < 4.78 is 58.7. The quantitative estimate of drug-likeness (QED) is 0.00638. The van der Waals surface area contributed by atoms with E-state index in [0.29, 0.717) is 68.7 Å². The zero-order chi connectivity index (χ0) is 99.0. The number of carbonyl (C=O) groups excluding carboxylic acids is 11. The molecule has 0 saturated carbocycles. The van der Waals surface area contributed by atoms with E-state index in [1.54, 1.807) is 125 Å². The van der Waals surface area contributed by atoms with E-state index in [9.17, 15) is 81.3 Å². The first-order chi connectivity index (χ1) is 66.0. The summed E-state index contributed by atoms with van der Waals surface area (Å²) in [4.78, 5) is 174. The molecule has 34 heteroatoms. The number of hydrogen-bond donors (Lipinski definition) is 7. The average molecular weight is 1960 g/mol. The number of cyclic esters (lactones) is 2. The van der Waals surface area contributed by atoms with Gasteiger partial charge < -0.3 is 64.3 Å². The van der Waals surface area contributed by atoms with Crippen molar-refractivity contribution in [2.24, 2.45) is 23.7 Å². The fraction of sp³-hybridized carbons (Fsp3) is 0.413. The second kappa shape index (κ2) is 44.0. The normalized spacial score (nSPS) is 18.6. The molecule has 3 unspecified atom stereocenters. The van der Waals surface area contributed by atoms with Gasteiger partial charge in [-0.2, -0.15) is 47.9 Å². The number of fused-ring (bicyclic) bond motifs is 16. The lowest BCUT2D eigenvalue weighted by molar-refractivity contribution is -0.172. The van der Waals surface area contributed by atoms with Gasteiger partial charge in [0.1, 0.15) is 38.1 Å². The zero-order valence-corrected chi connectivity index (χ0v) is 81.9. The van der Waals surface area contributed by atoms with E-state index in [2.05, 4.69) is 75.1 Å². The van der Waals surface area contributed by atoms with Gasteiger partial charge in [0.2, 0.25) is 17.7 Å². The number of aryl methyl sites for hydroxylation is 2. The molecule has 3 aliphatic carbocycles. The third-order valence-electron chi connectivity index (χ3n) is 26.8. The number of ketones is 3. The third kappa shape index (κ3) is 21.6. The minimum atomic E-state index is -1.96. The number of Topliss-reactive ketones (excluding diaryl/α,β-unsaturated/α-hetero) is 3. The second-order valence-electron chi connectivity index (χ2n) is 35.9. The van der Waals surface area contributed by atoms with E-state index in [4.69, 9.17) is 28.9 Å². The Labute approximate surface area is 815 Å². The number of alkyl carbamates (subject to hydrolysis) is 1. The maximum Gasteiger partial charge on any atom is 0.407 e. The van der Waals surface area contributed by atoms with Gasteiger partial charge >= 0.3 is 30.0 Å². The summed E-state index contributed by atoms with van der Waals surface area (Å²) in [5, 5.41) is 34.4. The van der Waals surface area contributed by atoms with Gasteiger partial charge in [-0.3, -0.25) is 47.9 Å². The zero-order valence-electron chi connectivity index (χ0n) is 78.6. The van der Waals surface area contributed by atoms with Crippen molar-refractivity contribution in [3.8, 4) is 33.9 Å². The Morgan fingerprint density at radius 1 is 0.543 bits per heavy atom. The molecular weight excluding hydrogens is 1850 g/mol. The number of allylic oxidation sites excluding steroid dienone is 4. The van der Waals surface area contributed by atoms with E-state index < -0.39 is 101 Å². The van der Waals surface area contributed by atoms with Gasteiger partial charge in [-0.15, -0.1) is 0 Å². The monoisotopic (exact) mass is 1960 g/mol. The smallest absolute Gasteiger partial charge is 0.407 e. The van der Waals surface area contributed by atoms with Gasteiger partial charge in [0.15, 0.2) is 35.3 Å². The molecule has 4 aliphatic heterocycles. The highest BCUT2D eigenvalue weighted by molar-refractivity contribution is 8.02. The molecule has 0 spiro atoms. The number of hydrogen-bond acceptors (Lipinski definition) is 26. The molecule has 726 valence electrons. The molecule has 0 bridgehead atoms. The molecule has 6 N–H and O–H groups in total. The Morgan fingerprint density at radius 2 is 1.01 bits per heavy atom. The van der Waals surface area contributed by atoms with Crippen LogP contribution in [-0.2, 0) is 121 Å². The Bertz CT molecular complexity index is 6510. The van der Waals surface area contributed by atoms with Crippen LogP contribution in [0.25, 0.3) is 55.7 Å². The van der Waals surface area contributed by atoms with Crippen molar-refractivity contribution in [3.05, 3.63) is 244 Å². The molecule has 7 aliphatic rings. The summed E-state index contributed by atoms with van der Waals surface area (Å²) >= 11 is 9.29.